The second-order valence-electron chi connectivity index (χ2n) is 8.07. The van der Waals surface area contributed by atoms with E-state index in [2.05, 4.69) is 20.4 Å². The number of esters is 3. The van der Waals surface area contributed by atoms with Gasteiger partial charge in [0.1, 0.15) is 19.3 Å². The van der Waals surface area contributed by atoms with Gasteiger partial charge >= 0.3 is 23.4 Å². The summed E-state index contributed by atoms with van der Waals surface area (Å²) in [6.45, 7) is -0.132. The van der Waals surface area contributed by atoms with E-state index in [4.69, 9.17) is 27.2 Å². The first kappa shape index (κ1) is 39.8. The highest BCUT2D eigenvalue weighted by Crippen LogP contribution is 2.20. The molecule has 252 valence electrons. The molecular formula is C23H27F3N3O12S4-. The molecule has 1 aliphatic rings. The van der Waals surface area contributed by atoms with E-state index in [-0.39, 0.29) is 35.2 Å². The molecule has 0 aromatic heterocycles. The lowest BCUT2D eigenvalue weighted by atomic mass is 10.2. The Hall–Kier alpha value is -3.21. The number of benzene rings is 1. The van der Waals surface area contributed by atoms with E-state index in [1.807, 2.05) is 0 Å². The van der Waals surface area contributed by atoms with Gasteiger partial charge in [-0.2, -0.15) is 13.2 Å². The number of methoxy groups -OCH3 is 2. The minimum Gasteiger partial charge on any atom is -0.741 e. The molecule has 0 saturated heterocycles. The molecule has 1 aromatic rings. The van der Waals surface area contributed by atoms with E-state index in [1.165, 1.54) is 14.2 Å². The molecule has 2 amide bonds. The summed E-state index contributed by atoms with van der Waals surface area (Å²) in [4.78, 5) is 64.5. The predicted octanol–water partition coefficient (Wildman–Crippen LogP) is 1.98. The zero-order valence-corrected chi connectivity index (χ0v) is 26.8. The molecule has 0 radical (unpaired) electrons. The molecule has 2 rings (SSSR count). The Bertz CT molecular complexity index is 1320. The Morgan fingerprint density at radius 1 is 1.07 bits per heavy atom. The van der Waals surface area contributed by atoms with Crippen molar-refractivity contribution in [2.45, 2.75) is 23.6 Å². The van der Waals surface area contributed by atoms with E-state index in [1.54, 1.807) is 36.6 Å². The largest absolute Gasteiger partial charge is 0.741 e. The number of carbonyl (C=O) groups is 5. The maximum Gasteiger partial charge on any atom is 0.485 e. The van der Waals surface area contributed by atoms with Gasteiger partial charge in [-0.15, -0.1) is 0 Å². The number of ether oxygens (including phenoxy) is 4. The maximum absolute atomic E-state index is 12.6. The monoisotopic (exact) mass is 722 g/mol. The van der Waals surface area contributed by atoms with Crippen LogP contribution in [0.2, 0.25) is 0 Å². The Balaban J connectivity index is 0.00000111. The third kappa shape index (κ3) is 15.1. The number of carbonyl (C=O) groups excluding carboxylic acids is 5. The molecule has 45 heavy (non-hydrogen) atoms. The van der Waals surface area contributed by atoms with Crippen LogP contribution >= 0.6 is 35.3 Å². The van der Waals surface area contributed by atoms with Crippen molar-refractivity contribution in [1.82, 2.24) is 10.6 Å². The minimum absolute atomic E-state index is 0.0259. The van der Waals surface area contributed by atoms with Gasteiger partial charge in [0.25, 0.3) is 10.5 Å². The van der Waals surface area contributed by atoms with Gasteiger partial charge in [-0.1, -0.05) is 53.5 Å². The standard InChI is InChI=1S/C22H27N3O9S3.CHF3O3S/c1-31-18(27)15-10-34-22(25-15)37-12-16(19(28)32-2)24-21(30)36-11-14(23-20(29)35-3)9-33-17(26)13-7-5-4-6-8-13;2-1(3,4)8(5,6)7/h4-8,14-16H,9-12H2,1-3H3,(H,23,29)(H,24,30);(H,5,6,7)/p-1/t14?,15-,16-;/m0./s1. The zero-order valence-electron chi connectivity index (χ0n) is 23.6. The average molecular weight is 723 g/mol. The number of alkyl halides is 3. The summed E-state index contributed by atoms with van der Waals surface area (Å²) in [7, 11) is -3.66. The van der Waals surface area contributed by atoms with Crippen LogP contribution < -0.4 is 10.6 Å². The van der Waals surface area contributed by atoms with Gasteiger partial charge in [-0.3, -0.25) is 9.59 Å². The van der Waals surface area contributed by atoms with Crippen molar-refractivity contribution >= 4 is 79.0 Å². The first-order chi connectivity index (χ1) is 21.0. The molecule has 3 atom stereocenters. The topological polar surface area (TPSA) is 216 Å². The fourth-order valence-corrected chi connectivity index (χ4v) is 4.63. The molecule has 15 nitrogen and oxygen atoms in total. The lowest BCUT2D eigenvalue weighted by Crippen LogP contribution is -2.43. The quantitative estimate of drug-likeness (QED) is 0.145. The molecule has 1 unspecified atom stereocenters. The summed E-state index contributed by atoms with van der Waals surface area (Å²) in [5, 5.41) is 4.50. The number of halogens is 3. The molecule has 2 N–H and O–H groups in total. The Morgan fingerprint density at radius 3 is 2.22 bits per heavy atom. The van der Waals surface area contributed by atoms with Gasteiger partial charge < -0.3 is 34.1 Å². The van der Waals surface area contributed by atoms with Crippen LogP contribution in [0.1, 0.15) is 10.4 Å². The van der Waals surface area contributed by atoms with Crippen LogP contribution in [0.4, 0.5) is 22.8 Å². The van der Waals surface area contributed by atoms with Crippen LogP contribution in [0.15, 0.2) is 35.3 Å². The van der Waals surface area contributed by atoms with Gasteiger partial charge in [0.05, 0.1) is 25.8 Å². The number of nitrogens with one attached hydrogen (secondary N) is 2. The number of amides is 2. The summed E-state index contributed by atoms with van der Waals surface area (Å²) >= 11 is 2.77. The first-order valence-electron chi connectivity index (χ1n) is 12.0. The second-order valence-corrected chi connectivity index (χ2v) is 12.2. The van der Waals surface area contributed by atoms with Crippen LogP contribution in [0.3, 0.4) is 0 Å². The Labute approximate surface area is 267 Å². The normalized spacial score (nSPS) is 15.5. The van der Waals surface area contributed by atoms with Crippen LogP contribution in [0, 0.1) is 0 Å². The highest BCUT2D eigenvalue weighted by Gasteiger charge is 2.37. The van der Waals surface area contributed by atoms with Crippen molar-refractivity contribution in [3.8, 4) is 0 Å². The predicted molar refractivity (Wildman–Crippen MR) is 157 cm³/mol. The summed E-state index contributed by atoms with van der Waals surface area (Å²) in [5.74, 6) is -1.69. The summed E-state index contributed by atoms with van der Waals surface area (Å²) < 4.78 is 78.9. The van der Waals surface area contributed by atoms with E-state index < -0.39 is 56.9 Å². The molecule has 0 spiro atoms. The minimum atomic E-state index is -6.09. The number of rotatable bonds is 11. The maximum atomic E-state index is 12.6. The lowest BCUT2D eigenvalue weighted by Gasteiger charge is -2.19. The molecule has 0 aliphatic carbocycles. The zero-order chi connectivity index (χ0) is 34.2. The third-order valence-electron chi connectivity index (χ3n) is 4.88. The number of thioether (sulfide) groups is 3. The van der Waals surface area contributed by atoms with E-state index in [0.29, 0.717) is 5.56 Å². The molecular weight excluding hydrogens is 696 g/mol. The van der Waals surface area contributed by atoms with Crippen molar-refractivity contribution in [2.75, 3.05) is 45.2 Å². The number of aliphatic imine (C=N–C) groups is 1. The highest BCUT2D eigenvalue weighted by molar-refractivity contribution is 8.14. The molecule has 0 bridgehead atoms. The van der Waals surface area contributed by atoms with E-state index in [0.717, 1.165) is 35.3 Å². The van der Waals surface area contributed by atoms with Crippen molar-refractivity contribution in [3.63, 3.8) is 0 Å². The second kappa shape index (κ2) is 19.3. The summed E-state index contributed by atoms with van der Waals surface area (Å²) in [6, 6.07) is 5.88. The fraction of sp³-hybridized carbons (Fsp3) is 0.478. The molecule has 1 heterocycles. The smallest absolute Gasteiger partial charge is 0.485 e. The summed E-state index contributed by atoms with van der Waals surface area (Å²) in [5.41, 5.74) is -5.29. The van der Waals surface area contributed by atoms with Crippen molar-refractivity contribution in [2.24, 2.45) is 4.99 Å². The van der Waals surface area contributed by atoms with E-state index in [9.17, 15) is 37.1 Å². The fourth-order valence-electron chi connectivity index (χ4n) is 2.70. The third-order valence-corrected chi connectivity index (χ3v) is 7.86. The van der Waals surface area contributed by atoms with Gasteiger partial charge in [-0.25, -0.2) is 27.8 Å². The molecule has 22 heteroatoms. The van der Waals surface area contributed by atoms with Crippen LogP contribution in [-0.4, -0.2) is 115 Å². The number of nitrogens with zero attached hydrogens (tertiary/aromatic N) is 1. The average Bonchev–Trinajstić information content (AvgIpc) is 3.48. The van der Waals surface area contributed by atoms with Crippen molar-refractivity contribution < 1.29 is 69.1 Å². The highest BCUT2D eigenvalue weighted by atomic mass is 32.2. The van der Waals surface area contributed by atoms with E-state index >= 15 is 0 Å². The molecule has 1 aliphatic heterocycles. The van der Waals surface area contributed by atoms with Gasteiger partial charge in [0.15, 0.2) is 16.2 Å². The first-order valence-corrected chi connectivity index (χ1v) is 16.6. The number of hydrogen-bond acceptors (Lipinski definition) is 16. The van der Waals surface area contributed by atoms with Gasteiger partial charge in [0, 0.05) is 11.5 Å². The summed E-state index contributed by atoms with van der Waals surface area (Å²) in [6.07, 6.45) is 1.59. The van der Waals surface area contributed by atoms with Crippen molar-refractivity contribution in [1.29, 1.82) is 0 Å². The SMILES string of the molecule is COC(=O)[C@@H]1COC(SC[C@H](NC(=O)SCC(COC(=O)c2ccccc2)NC(=O)SC)C(=O)OC)=N1.O=S(=O)([O-])C(F)(F)F. The Kier molecular flexibility index (Phi) is 17.1. The molecule has 0 saturated carbocycles. The van der Waals surface area contributed by atoms with Crippen molar-refractivity contribution in [3.05, 3.63) is 35.9 Å². The van der Waals surface area contributed by atoms with Crippen LogP contribution in [0.25, 0.3) is 0 Å². The molecule has 0 fully saturated rings. The van der Waals surface area contributed by atoms with Gasteiger partial charge in [-0.05, 0) is 18.4 Å². The molecule has 1 aromatic carbocycles. The Morgan fingerprint density at radius 2 is 1.69 bits per heavy atom. The van der Waals surface area contributed by atoms with Gasteiger partial charge in [0.2, 0.25) is 5.23 Å². The lowest BCUT2D eigenvalue weighted by molar-refractivity contribution is -0.143. The van der Waals surface area contributed by atoms with Crippen LogP contribution in [-0.2, 0) is 38.7 Å². The van der Waals surface area contributed by atoms with Crippen LogP contribution in [0.5, 0.6) is 0 Å². The number of hydrogen-bond donors (Lipinski definition) is 2.